The molecule has 0 heterocycles. The van der Waals surface area contributed by atoms with E-state index in [1.54, 1.807) is 6.92 Å². The van der Waals surface area contributed by atoms with Crippen LogP contribution in [0.4, 0.5) is 0 Å². The first-order valence-electron chi connectivity index (χ1n) is 6.70. The summed E-state index contributed by atoms with van der Waals surface area (Å²) in [6, 6.07) is 9.19. The average Bonchev–Trinajstić information content (AvgIpc) is 2.45. The Kier molecular flexibility index (Phi) is 6.99. The highest BCUT2D eigenvalue weighted by molar-refractivity contribution is 6.21. The zero-order chi connectivity index (χ0) is 15.1. The molecule has 4 atom stereocenters. The molecule has 0 spiro atoms. The predicted molar refractivity (Wildman–Crippen MR) is 77.7 cm³/mol. The van der Waals surface area contributed by atoms with Crippen LogP contribution in [-0.2, 0) is 4.79 Å². The molecule has 112 valence electrons. The molecule has 1 aromatic carbocycles. The normalized spacial score (nSPS) is 17.2. The second kappa shape index (κ2) is 8.25. The molecule has 0 aromatic heterocycles. The molecule has 4 nitrogen and oxygen atoms in total. The summed E-state index contributed by atoms with van der Waals surface area (Å²) >= 11 is 6.22. The van der Waals surface area contributed by atoms with E-state index in [9.17, 15) is 15.0 Å². The van der Waals surface area contributed by atoms with Crippen LogP contribution in [0.15, 0.2) is 30.3 Å². The SMILES string of the molecule is CC(C(O)CCCC(=O)O)C(O)C(Cl)c1ccccc1. The maximum absolute atomic E-state index is 10.4. The number of carboxylic acid groups (broad SMARTS) is 1. The third-order valence-electron chi connectivity index (χ3n) is 3.45. The van der Waals surface area contributed by atoms with Crippen molar-refractivity contribution in [2.75, 3.05) is 0 Å². The molecule has 0 bridgehead atoms. The topological polar surface area (TPSA) is 77.8 Å². The molecule has 5 heteroatoms. The smallest absolute Gasteiger partial charge is 0.303 e. The number of alkyl halides is 1. The van der Waals surface area contributed by atoms with Gasteiger partial charge >= 0.3 is 5.97 Å². The van der Waals surface area contributed by atoms with Gasteiger partial charge in [-0.05, 0) is 18.4 Å². The van der Waals surface area contributed by atoms with Crippen molar-refractivity contribution >= 4 is 17.6 Å². The Morgan fingerprint density at radius 1 is 1.25 bits per heavy atom. The quantitative estimate of drug-likeness (QED) is 0.645. The molecule has 1 aromatic rings. The molecule has 1 rings (SSSR count). The molecule has 0 radical (unpaired) electrons. The van der Waals surface area contributed by atoms with Crippen molar-refractivity contribution in [3.8, 4) is 0 Å². The summed E-state index contributed by atoms with van der Waals surface area (Å²) in [5, 5.41) is 28.2. The zero-order valence-corrected chi connectivity index (χ0v) is 12.2. The molecule has 4 unspecified atom stereocenters. The number of rotatable bonds is 8. The van der Waals surface area contributed by atoms with Gasteiger partial charge in [0.05, 0.1) is 17.6 Å². The van der Waals surface area contributed by atoms with E-state index in [1.807, 2.05) is 30.3 Å². The van der Waals surface area contributed by atoms with Crippen molar-refractivity contribution in [1.29, 1.82) is 0 Å². The van der Waals surface area contributed by atoms with Crippen LogP contribution in [0.1, 0.15) is 37.1 Å². The van der Waals surface area contributed by atoms with Gasteiger partial charge in [-0.3, -0.25) is 4.79 Å². The van der Waals surface area contributed by atoms with Gasteiger partial charge in [0.25, 0.3) is 0 Å². The van der Waals surface area contributed by atoms with Crippen LogP contribution in [0.25, 0.3) is 0 Å². The molecular formula is C15H21ClO4. The molecule has 0 fully saturated rings. The van der Waals surface area contributed by atoms with Crippen LogP contribution in [0.2, 0.25) is 0 Å². The molecule has 0 saturated heterocycles. The highest BCUT2D eigenvalue weighted by Gasteiger charge is 2.29. The Bertz CT molecular complexity index is 410. The van der Waals surface area contributed by atoms with E-state index in [0.29, 0.717) is 12.8 Å². The van der Waals surface area contributed by atoms with E-state index in [1.165, 1.54) is 0 Å². The van der Waals surface area contributed by atoms with Crippen LogP contribution in [0.5, 0.6) is 0 Å². The first-order chi connectivity index (χ1) is 9.43. The van der Waals surface area contributed by atoms with Crippen molar-refractivity contribution < 1.29 is 20.1 Å². The standard InChI is InChI=1S/C15H21ClO4/c1-10(12(17)8-5-9-13(18)19)15(20)14(16)11-6-3-2-4-7-11/h2-4,6-7,10,12,14-15,17,20H,5,8-9H2,1H3,(H,18,19). The van der Waals surface area contributed by atoms with E-state index in [2.05, 4.69) is 0 Å². The number of hydrogen-bond donors (Lipinski definition) is 3. The summed E-state index contributed by atoms with van der Waals surface area (Å²) in [7, 11) is 0. The summed E-state index contributed by atoms with van der Waals surface area (Å²) in [5.41, 5.74) is 0.797. The number of hydrogen-bond acceptors (Lipinski definition) is 3. The van der Waals surface area contributed by atoms with E-state index >= 15 is 0 Å². The number of halogens is 1. The highest BCUT2D eigenvalue weighted by Crippen LogP contribution is 2.30. The Morgan fingerprint density at radius 2 is 1.85 bits per heavy atom. The van der Waals surface area contributed by atoms with Gasteiger partial charge in [0, 0.05) is 12.3 Å². The van der Waals surface area contributed by atoms with E-state index in [0.717, 1.165) is 5.56 Å². The number of aliphatic carboxylic acids is 1. The predicted octanol–water partition coefficient (Wildman–Crippen LogP) is 2.58. The lowest BCUT2D eigenvalue weighted by Crippen LogP contribution is -2.32. The van der Waals surface area contributed by atoms with Crippen LogP contribution in [-0.4, -0.2) is 33.5 Å². The lowest BCUT2D eigenvalue weighted by molar-refractivity contribution is -0.137. The van der Waals surface area contributed by atoms with Gasteiger partial charge in [0.2, 0.25) is 0 Å². The fraction of sp³-hybridized carbons (Fsp3) is 0.533. The largest absolute Gasteiger partial charge is 0.481 e. The highest BCUT2D eigenvalue weighted by atomic mass is 35.5. The molecule has 0 aliphatic rings. The number of benzene rings is 1. The summed E-state index contributed by atoms with van der Waals surface area (Å²) in [6.45, 7) is 1.72. The van der Waals surface area contributed by atoms with E-state index < -0.39 is 29.5 Å². The molecule has 3 N–H and O–H groups in total. The van der Waals surface area contributed by atoms with Crippen LogP contribution in [0, 0.1) is 5.92 Å². The second-order valence-electron chi connectivity index (χ2n) is 5.02. The van der Waals surface area contributed by atoms with Crippen molar-refractivity contribution in [3.63, 3.8) is 0 Å². The fourth-order valence-electron chi connectivity index (χ4n) is 2.05. The minimum atomic E-state index is -0.890. The van der Waals surface area contributed by atoms with Gasteiger partial charge in [-0.2, -0.15) is 0 Å². The first kappa shape index (κ1) is 17.0. The van der Waals surface area contributed by atoms with Gasteiger partial charge in [0.1, 0.15) is 0 Å². The van der Waals surface area contributed by atoms with Gasteiger partial charge in [-0.1, -0.05) is 37.3 Å². The molecule has 0 saturated carbocycles. The maximum Gasteiger partial charge on any atom is 0.303 e. The molecule has 0 aliphatic carbocycles. The van der Waals surface area contributed by atoms with Crippen LogP contribution < -0.4 is 0 Å². The Morgan fingerprint density at radius 3 is 2.40 bits per heavy atom. The average molecular weight is 301 g/mol. The van der Waals surface area contributed by atoms with Crippen LogP contribution in [0.3, 0.4) is 0 Å². The number of aliphatic hydroxyl groups excluding tert-OH is 2. The van der Waals surface area contributed by atoms with E-state index in [4.69, 9.17) is 16.7 Å². The third-order valence-corrected chi connectivity index (χ3v) is 3.96. The van der Waals surface area contributed by atoms with Crippen molar-refractivity contribution in [2.45, 2.75) is 43.8 Å². The minimum Gasteiger partial charge on any atom is -0.481 e. The maximum atomic E-state index is 10.4. The molecule has 20 heavy (non-hydrogen) atoms. The van der Waals surface area contributed by atoms with Gasteiger partial charge < -0.3 is 15.3 Å². The zero-order valence-electron chi connectivity index (χ0n) is 11.4. The Labute approximate surface area is 124 Å². The Hall–Kier alpha value is -1.10. The molecular weight excluding hydrogens is 280 g/mol. The van der Waals surface area contributed by atoms with Gasteiger partial charge in [-0.15, -0.1) is 11.6 Å². The summed E-state index contributed by atoms with van der Waals surface area (Å²) in [4.78, 5) is 10.4. The summed E-state index contributed by atoms with van der Waals surface area (Å²) < 4.78 is 0. The minimum absolute atomic E-state index is 0.0167. The van der Waals surface area contributed by atoms with Gasteiger partial charge in [-0.25, -0.2) is 0 Å². The van der Waals surface area contributed by atoms with Crippen molar-refractivity contribution in [3.05, 3.63) is 35.9 Å². The van der Waals surface area contributed by atoms with Gasteiger partial charge in [0.15, 0.2) is 0 Å². The molecule has 0 amide bonds. The second-order valence-corrected chi connectivity index (χ2v) is 5.49. The number of aliphatic hydroxyl groups is 2. The summed E-state index contributed by atoms with van der Waals surface area (Å²) in [5.74, 6) is -1.31. The molecule has 0 aliphatic heterocycles. The Balaban J connectivity index is 2.52. The lowest BCUT2D eigenvalue weighted by Gasteiger charge is -2.27. The number of carbonyl (C=O) groups is 1. The lowest BCUT2D eigenvalue weighted by atomic mass is 9.90. The summed E-state index contributed by atoms with van der Waals surface area (Å²) in [6.07, 6.45) is -0.925. The van der Waals surface area contributed by atoms with E-state index in [-0.39, 0.29) is 6.42 Å². The van der Waals surface area contributed by atoms with Crippen LogP contribution >= 0.6 is 11.6 Å². The number of carboxylic acids is 1. The first-order valence-corrected chi connectivity index (χ1v) is 7.14. The third kappa shape index (κ3) is 5.12. The fourth-order valence-corrected chi connectivity index (χ4v) is 2.43. The van der Waals surface area contributed by atoms with Crippen molar-refractivity contribution in [2.24, 2.45) is 5.92 Å². The monoisotopic (exact) mass is 300 g/mol. The van der Waals surface area contributed by atoms with Crippen molar-refractivity contribution in [1.82, 2.24) is 0 Å².